The van der Waals surface area contributed by atoms with E-state index in [1.807, 2.05) is 6.07 Å². The monoisotopic (exact) mass is 460 g/mol. The standard InChI is InChI=1S/C24H33FN4O4/c1-23(2,30)7-10-31-21-11-18(25)3-4-20(21)17-5-8-28(9-6-17)19-12-24(33-13-19)14-29(15-24)22-27-26-16-32-22/h3-4,11,16-17,19,30H,5-10,12-15H2,1-2H3/t19-/m0/s1. The lowest BCUT2D eigenvalue weighted by Crippen LogP contribution is -2.62. The smallest absolute Gasteiger partial charge is 0.318 e. The minimum absolute atomic E-state index is 0.103. The van der Waals surface area contributed by atoms with Gasteiger partial charge in [-0.2, -0.15) is 0 Å². The van der Waals surface area contributed by atoms with Gasteiger partial charge in [-0.15, -0.1) is 5.10 Å². The molecule has 2 aromatic rings. The second kappa shape index (κ2) is 8.85. The van der Waals surface area contributed by atoms with Gasteiger partial charge in [0.1, 0.15) is 17.2 Å². The molecule has 4 heterocycles. The molecule has 8 nitrogen and oxygen atoms in total. The quantitative estimate of drug-likeness (QED) is 0.675. The maximum Gasteiger partial charge on any atom is 0.318 e. The van der Waals surface area contributed by atoms with Crippen LogP contribution in [0.5, 0.6) is 5.75 Å². The van der Waals surface area contributed by atoms with E-state index in [-0.39, 0.29) is 11.4 Å². The van der Waals surface area contributed by atoms with E-state index in [9.17, 15) is 9.50 Å². The molecule has 3 aliphatic rings. The molecule has 0 radical (unpaired) electrons. The van der Waals surface area contributed by atoms with E-state index in [1.165, 1.54) is 18.5 Å². The van der Waals surface area contributed by atoms with Gasteiger partial charge < -0.3 is 23.9 Å². The van der Waals surface area contributed by atoms with Crippen molar-refractivity contribution in [1.29, 1.82) is 0 Å². The molecular weight excluding hydrogens is 427 g/mol. The van der Waals surface area contributed by atoms with Crippen LogP contribution < -0.4 is 9.64 Å². The molecule has 0 bridgehead atoms. The highest BCUT2D eigenvalue weighted by Crippen LogP contribution is 2.41. The van der Waals surface area contributed by atoms with E-state index >= 15 is 0 Å². The van der Waals surface area contributed by atoms with Gasteiger partial charge in [0.15, 0.2) is 0 Å². The SMILES string of the molecule is CC(C)(O)CCOc1cc(F)ccc1C1CCN([C@@H]2COC3(C2)CN(c2nnco2)C3)CC1. The summed E-state index contributed by atoms with van der Waals surface area (Å²) in [6.45, 7) is 8.19. The molecule has 9 heteroatoms. The van der Waals surface area contributed by atoms with E-state index in [4.69, 9.17) is 13.9 Å². The second-order valence-corrected chi connectivity index (χ2v) is 10.3. The summed E-state index contributed by atoms with van der Waals surface area (Å²) in [7, 11) is 0. The molecule has 33 heavy (non-hydrogen) atoms. The van der Waals surface area contributed by atoms with Gasteiger partial charge in [0.05, 0.1) is 31.9 Å². The van der Waals surface area contributed by atoms with Gasteiger partial charge in [0.2, 0.25) is 6.39 Å². The van der Waals surface area contributed by atoms with Crippen LogP contribution in [0.4, 0.5) is 10.4 Å². The van der Waals surface area contributed by atoms with Gasteiger partial charge in [0, 0.05) is 18.5 Å². The molecule has 0 unspecified atom stereocenters. The Hall–Kier alpha value is -2.23. The molecule has 1 aromatic carbocycles. The minimum Gasteiger partial charge on any atom is -0.493 e. The van der Waals surface area contributed by atoms with Gasteiger partial charge in [0.25, 0.3) is 0 Å². The van der Waals surface area contributed by atoms with Crippen molar-refractivity contribution in [2.75, 3.05) is 44.3 Å². The highest BCUT2D eigenvalue weighted by Gasteiger charge is 2.52. The Morgan fingerprint density at radius 1 is 1.27 bits per heavy atom. The van der Waals surface area contributed by atoms with Crippen molar-refractivity contribution in [3.8, 4) is 5.75 Å². The maximum absolute atomic E-state index is 13.9. The Morgan fingerprint density at radius 2 is 2.06 bits per heavy atom. The number of aliphatic hydroxyl groups is 1. The van der Waals surface area contributed by atoms with Gasteiger partial charge in [-0.3, -0.25) is 4.90 Å². The zero-order valence-electron chi connectivity index (χ0n) is 19.4. The van der Waals surface area contributed by atoms with Gasteiger partial charge >= 0.3 is 6.01 Å². The lowest BCUT2D eigenvalue weighted by molar-refractivity contribution is -0.0216. The third kappa shape index (κ3) is 5.00. The molecule has 0 amide bonds. The molecule has 1 spiro atoms. The molecule has 5 rings (SSSR count). The number of ether oxygens (including phenoxy) is 2. The number of halogens is 1. The van der Waals surface area contributed by atoms with E-state index in [1.54, 1.807) is 13.8 Å². The second-order valence-electron chi connectivity index (χ2n) is 10.3. The summed E-state index contributed by atoms with van der Waals surface area (Å²) in [6.07, 6.45) is 4.88. The Balaban J connectivity index is 1.14. The van der Waals surface area contributed by atoms with E-state index in [0.717, 1.165) is 57.6 Å². The summed E-state index contributed by atoms with van der Waals surface area (Å²) >= 11 is 0. The lowest BCUT2D eigenvalue weighted by Gasteiger charge is -2.46. The Kier molecular flexibility index (Phi) is 6.05. The number of piperidine rings is 1. The van der Waals surface area contributed by atoms with Crippen LogP contribution >= 0.6 is 0 Å². The molecule has 0 saturated carbocycles. The Labute approximate surface area is 193 Å². The van der Waals surface area contributed by atoms with E-state index in [2.05, 4.69) is 20.0 Å². The van der Waals surface area contributed by atoms with Crippen LogP contribution in [0.25, 0.3) is 0 Å². The number of hydrogen-bond donors (Lipinski definition) is 1. The van der Waals surface area contributed by atoms with Crippen LogP contribution in [-0.4, -0.2) is 76.8 Å². The summed E-state index contributed by atoms with van der Waals surface area (Å²) < 4.78 is 31.3. The van der Waals surface area contributed by atoms with Gasteiger partial charge in [-0.05, 0) is 63.7 Å². The molecule has 1 atom stereocenters. The van der Waals surface area contributed by atoms with E-state index < -0.39 is 5.60 Å². The van der Waals surface area contributed by atoms with Crippen LogP contribution in [0.1, 0.15) is 51.0 Å². The Morgan fingerprint density at radius 3 is 2.76 bits per heavy atom. The summed E-state index contributed by atoms with van der Waals surface area (Å²) in [4.78, 5) is 4.61. The first-order chi connectivity index (χ1) is 15.8. The molecule has 3 fully saturated rings. The number of hydrogen-bond acceptors (Lipinski definition) is 8. The molecular formula is C24H33FN4O4. The predicted octanol–water partition coefficient (Wildman–Crippen LogP) is 2.98. The highest BCUT2D eigenvalue weighted by molar-refractivity contribution is 5.37. The fourth-order valence-electron chi connectivity index (χ4n) is 5.32. The Bertz CT molecular complexity index is 934. The first-order valence-corrected chi connectivity index (χ1v) is 11.8. The van der Waals surface area contributed by atoms with Crippen LogP contribution in [0.15, 0.2) is 29.0 Å². The highest BCUT2D eigenvalue weighted by atomic mass is 19.1. The zero-order chi connectivity index (χ0) is 23.1. The minimum atomic E-state index is -0.803. The fraction of sp³-hybridized carbons (Fsp3) is 0.667. The van der Waals surface area contributed by atoms with Gasteiger partial charge in [-0.25, -0.2) is 4.39 Å². The predicted molar refractivity (Wildman–Crippen MR) is 120 cm³/mol. The van der Waals surface area contributed by atoms with Crippen LogP contribution in [0.2, 0.25) is 0 Å². The normalized spacial score (nSPS) is 23.8. The van der Waals surface area contributed by atoms with Crippen LogP contribution in [0.3, 0.4) is 0 Å². The summed E-state index contributed by atoms with van der Waals surface area (Å²) in [5.41, 5.74) is 0.164. The van der Waals surface area contributed by atoms with Gasteiger partial charge in [-0.1, -0.05) is 11.2 Å². The number of aromatic nitrogens is 2. The number of benzene rings is 1. The number of likely N-dealkylation sites (tertiary alicyclic amines) is 1. The average molecular weight is 461 g/mol. The molecule has 0 aliphatic carbocycles. The maximum atomic E-state index is 13.9. The van der Waals surface area contributed by atoms with Crippen molar-refractivity contribution in [3.05, 3.63) is 36.0 Å². The first kappa shape index (κ1) is 22.6. The van der Waals surface area contributed by atoms with Crippen molar-refractivity contribution in [2.24, 2.45) is 0 Å². The lowest BCUT2D eigenvalue weighted by atomic mass is 9.86. The summed E-state index contributed by atoms with van der Waals surface area (Å²) in [5.74, 6) is 0.654. The topological polar surface area (TPSA) is 84.1 Å². The molecule has 1 aromatic heterocycles. The molecule has 180 valence electrons. The first-order valence-electron chi connectivity index (χ1n) is 11.8. The molecule has 1 N–H and O–H groups in total. The summed E-state index contributed by atoms with van der Waals surface area (Å²) in [5, 5.41) is 17.7. The number of anilines is 1. The average Bonchev–Trinajstić information content (AvgIpc) is 3.42. The van der Waals surface area contributed by atoms with Crippen molar-refractivity contribution in [1.82, 2.24) is 15.1 Å². The van der Waals surface area contributed by atoms with Crippen molar-refractivity contribution < 1.29 is 23.4 Å². The van der Waals surface area contributed by atoms with E-state index in [0.29, 0.717) is 36.8 Å². The van der Waals surface area contributed by atoms with Crippen molar-refractivity contribution in [3.63, 3.8) is 0 Å². The zero-order valence-corrected chi connectivity index (χ0v) is 19.4. The van der Waals surface area contributed by atoms with Crippen molar-refractivity contribution in [2.45, 2.75) is 62.7 Å². The van der Waals surface area contributed by atoms with Crippen molar-refractivity contribution >= 4 is 6.01 Å². The molecule has 3 saturated heterocycles. The third-order valence-corrected chi connectivity index (χ3v) is 7.20. The molecule has 3 aliphatic heterocycles. The van der Waals surface area contributed by atoms with Crippen LogP contribution in [-0.2, 0) is 4.74 Å². The number of nitrogens with zero attached hydrogens (tertiary/aromatic N) is 4. The van der Waals surface area contributed by atoms with Crippen LogP contribution in [0, 0.1) is 5.82 Å². The third-order valence-electron chi connectivity index (χ3n) is 7.20. The largest absolute Gasteiger partial charge is 0.493 e. The summed E-state index contributed by atoms with van der Waals surface area (Å²) in [6, 6.07) is 5.85. The fourth-order valence-corrected chi connectivity index (χ4v) is 5.32. The number of rotatable bonds is 7.